The Kier molecular flexibility index (Phi) is 11.0. The van der Waals surface area contributed by atoms with Crippen molar-refractivity contribution in [2.24, 2.45) is 11.8 Å². The molecular formula is C21H33F2NaO5. The number of hydrogen-bond acceptors (Lipinski definition) is 4. The normalized spacial score (nSPS) is 34.8. The third-order valence-corrected chi connectivity index (χ3v) is 5.81. The van der Waals surface area contributed by atoms with Crippen molar-refractivity contribution < 1.29 is 64.6 Å². The van der Waals surface area contributed by atoms with Gasteiger partial charge in [0.25, 0.3) is 0 Å². The minimum atomic E-state index is -1.77. The van der Waals surface area contributed by atoms with Crippen LogP contribution in [0, 0.1) is 11.8 Å². The summed E-state index contributed by atoms with van der Waals surface area (Å²) in [5, 5.41) is 29.1. The average molecular weight is 426 g/mol. The molecule has 0 aromatic carbocycles. The number of aliphatic hydroxyl groups excluding tert-OH is 2. The zero-order valence-electron chi connectivity index (χ0n) is 18.5. The summed E-state index contributed by atoms with van der Waals surface area (Å²) >= 11 is 0. The maximum Gasteiger partial charge on any atom is 1.00 e. The second kappa shape index (κ2) is 11.9. The molecule has 1 saturated carbocycles. The Bertz CT molecular complexity index is 590. The summed E-state index contributed by atoms with van der Waals surface area (Å²) in [4.78, 5) is 10.5. The van der Waals surface area contributed by atoms with Crippen LogP contribution in [-0.4, -0.2) is 57.5 Å². The Morgan fingerprint density at radius 1 is 1.41 bits per heavy atom. The topological polar surface area (TPSA) is 87.0 Å². The summed E-state index contributed by atoms with van der Waals surface area (Å²) in [5.41, 5.74) is -1.77. The summed E-state index contributed by atoms with van der Waals surface area (Å²) in [7, 11) is 0. The molecule has 2 aliphatic rings. The second-order valence-electron chi connectivity index (χ2n) is 8.11. The van der Waals surface area contributed by atoms with E-state index >= 15 is 0 Å². The van der Waals surface area contributed by atoms with Gasteiger partial charge in [0, 0.05) is 24.7 Å². The first kappa shape index (κ1) is 26.7. The number of halogens is 2. The van der Waals surface area contributed by atoms with Gasteiger partial charge in [-0.15, -0.1) is 0 Å². The van der Waals surface area contributed by atoms with E-state index in [1.165, 1.54) is 25.2 Å². The van der Waals surface area contributed by atoms with Crippen LogP contribution in [-0.2, 0) is 9.53 Å². The van der Waals surface area contributed by atoms with E-state index in [0.717, 1.165) is 6.42 Å². The molecule has 1 aliphatic heterocycles. The summed E-state index contributed by atoms with van der Waals surface area (Å²) < 4.78 is 35.2. The van der Waals surface area contributed by atoms with Crippen molar-refractivity contribution in [3.63, 3.8) is 0 Å². The Hall–Kier alpha value is -0.310. The van der Waals surface area contributed by atoms with Crippen molar-refractivity contribution >= 4 is 5.97 Å². The van der Waals surface area contributed by atoms with Crippen LogP contribution in [0.5, 0.6) is 0 Å². The zero-order valence-corrected chi connectivity index (χ0v) is 19.5. The largest absolute Gasteiger partial charge is 1.00 e. The van der Waals surface area contributed by atoms with E-state index in [2.05, 4.69) is 0 Å². The number of allylic oxidation sites excluding steroid dienone is 1. The number of alkyl halides is 2. The number of carboxylic acids is 1. The predicted molar refractivity (Wildman–Crippen MR) is 102 cm³/mol. The van der Waals surface area contributed by atoms with Crippen molar-refractivity contribution in [2.75, 3.05) is 0 Å². The zero-order chi connectivity index (χ0) is 20.9. The van der Waals surface area contributed by atoms with Crippen molar-refractivity contribution in [3.05, 3.63) is 24.3 Å². The van der Waals surface area contributed by atoms with Crippen molar-refractivity contribution in [1.29, 1.82) is 0 Å². The number of carboxylic acid groups (broad SMARTS) is 1. The molecule has 29 heavy (non-hydrogen) atoms. The van der Waals surface area contributed by atoms with E-state index in [1.54, 1.807) is 6.08 Å². The molecule has 0 bridgehead atoms. The van der Waals surface area contributed by atoms with Gasteiger partial charge in [-0.05, 0) is 19.8 Å². The standard InChI is InChI=1S/C21H32F2O5.Na.H/c1-3-4-11-21(2,23)17(25)10-9-13-14(24)12-16-19(13)20(22)15(28-16)7-5-6-8-18(26)27;;/h5,7,9-10,13-17,19-20,24-25H,3-4,6,8,11-12H2,1-2H3,(H,26,27);;/q;+1;-1/b7-5+,10-9+;;/t13-,14+,15?,16-,17+,19+,20?,21?;;/m0../s1. The molecule has 3 unspecified atom stereocenters. The first-order valence-electron chi connectivity index (χ1n) is 10.1. The average Bonchev–Trinajstić information content (AvgIpc) is 3.09. The fourth-order valence-corrected chi connectivity index (χ4v) is 4.07. The van der Waals surface area contributed by atoms with Crippen LogP contribution in [0.1, 0.15) is 53.8 Å². The Labute approximate surface area is 195 Å². The van der Waals surface area contributed by atoms with Crippen molar-refractivity contribution in [2.45, 2.75) is 88.6 Å². The molecule has 1 heterocycles. The van der Waals surface area contributed by atoms with Gasteiger partial charge >= 0.3 is 35.5 Å². The minimum absolute atomic E-state index is 0. The molecule has 0 spiro atoms. The smallest absolute Gasteiger partial charge is 1.00 e. The molecular weight excluding hydrogens is 393 g/mol. The number of unbranched alkanes of at least 4 members (excludes halogenated alkanes) is 1. The van der Waals surface area contributed by atoms with Crippen LogP contribution >= 0.6 is 0 Å². The van der Waals surface area contributed by atoms with Gasteiger partial charge in [0.2, 0.25) is 0 Å². The quantitative estimate of drug-likeness (QED) is 0.349. The van der Waals surface area contributed by atoms with Gasteiger partial charge in [-0.25, -0.2) is 8.78 Å². The van der Waals surface area contributed by atoms with Crippen molar-refractivity contribution in [1.82, 2.24) is 0 Å². The van der Waals surface area contributed by atoms with Crippen LogP contribution in [0.2, 0.25) is 0 Å². The molecule has 2 fully saturated rings. The van der Waals surface area contributed by atoms with Crippen molar-refractivity contribution in [3.8, 4) is 0 Å². The van der Waals surface area contributed by atoms with Crippen LogP contribution in [0.15, 0.2) is 24.3 Å². The molecule has 1 saturated heterocycles. The summed E-state index contributed by atoms with van der Waals surface area (Å²) in [6.45, 7) is 3.29. The SMILES string of the molecule is CCCCC(C)(F)[C@H](O)/C=C/[C@@H]1[C@H]2C(F)C(/C=C/CCC(=O)O)O[C@H]2C[C@H]1O.[H-].[Na+]. The number of rotatable bonds is 10. The van der Waals surface area contributed by atoms with Crippen LogP contribution < -0.4 is 29.6 Å². The van der Waals surface area contributed by atoms with Gasteiger partial charge in [-0.3, -0.25) is 4.79 Å². The molecule has 0 aromatic rings. The molecule has 0 aromatic heterocycles. The summed E-state index contributed by atoms with van der Waals surface area (Å²) in [5.74, 6) is -2.06. The Morgan fingerprint density at radius 3 is 2.72 bits per heavy atom. The van der Waals surface area contributed by atoms with Gasteiger partial charge < -0.3 is 21.5 Å². The maximum absolute atomic E-state index is 14.9. The third-order valence-electron chi connectivity index (χ3n) is 5.81. The van der Waals surface area contributed by atoms with E-state index in [9.17, 15) is 23.8 Å². The molecule has 8 atom stereocenters. The van der Waals surface area contributed by atoms with Gasteiger partial charge in [-0.1, -0.05) is 44.1 Å². The van der Waals surface area contributed by atoms with E-state index in [1.807, 2.05) is 6.92 Å². The van der Waals surface area contributed by atoms with Crippen LogP contribution in [0.25, 0.3) is 0 Å². The molecule has 0 radical (unpaired) electrons. The summed E-state index contributed by atoms with van der Waals surface area (Å²) in [6, 6.07) is 0. The molecule has 1 aliphatic carbocycles. The van der Waals surface area contributed by atoms with E-state index in [-0.39, 0.29) is 50.2 Å². The van der Waals surface area contributed by atoms with Gasteiger partial charge in [-0.2, -0.15) is 0 Å². The predicted octanol–water partition coefficient (Wildman–Crippen LogP) is 0.462. The first-order chi connectivity index (χ1) is 13.2. The van der Waals surface area contributed by atoms with Gasteiger partial charge in [0.1, 0.15) is 24.0 Å². The number of ether oxygens (including phenoxy) is 1. The van der Waals surface area contributed by atoms with E-state index in [0.29, 0.717) is 12.8 Å². The molecule has 3 N–H and O–H groups in total. The molecule has 162 valence electrons. The molecule has 5 nitrogen and oxygen atoms in total. The van der Waals surface area contributed by atoms with E-state index in [4.69, 9.17) is 9.84 Å². The third kappa shape index (κ3) is 7.11. The monoisotopic (exact) mass is 426 g/mol. The number of aliphatic carboxylic acids is 1. The summed E-state index contributed by atoms with van der Waals surface area (Å²) in [6.07, 6.45) is 3.51. The number of hydrogen-bond donors (Lipinski definition) is 3. The maximum atomic E-state index is 14.9. The van der Waals surface area contributed by atoms with Crippen LogP contribution in [0.4, 0.5) is 8.78 Å². The van der Waals surface area contributed by atoms with Gasteiger partial charge in [0.05, 0.1) is 12.2 Å². The first-order valence-corrected chi connectivity index (χ1v) is 10.1. The molecule has 2 rings (SSSR count). The Balaban J connectivity index is 0.00000420. The number of aliphatic hydroxyl groups is 2. The van der Waals surface area contributed by atoms with Gasteiger partial charge in [0.15, 0.2) is 0 Å². The second-order valence-corrected chi connectivity index (χ2v) is 8.11. The van der Waals surface area contributed by atoms with Crippen LogP contribution in [0.3, 0.4) is 0 Å². The fourth-order valence-electron chi connectivity index (χ4n) is 4.07. The fraction of sp³-hybridized carbons (Fsp3) is 0.762. The molecule has 0 amide bonds. The minimum Gasteiger partial charge on any atom is -1.00 e. The molecule has 8 heteroatoms. The Morgan fingerprint density at radius 2 is 2.10 bits per heavy atom. The number of carbonyl (C=O) groups is 1. The van der Waals surface area contributed by atoms with E-state index < -0.39 is 54.1 Å². The number of fused-ring (bicyclic) bond motifs is 1.